The van der Waals surface area contributed by atoms with Gasteiger partial charge in [0.2, 0.25) is 0 Å². The van der Waals surface area contributed by atoms with Gasteiger partial charge >= 0.3 is 167 Å². The minimum atomic E-state index is 0.271. The molecule has 1 aliphatic heterocycles. The fourth-order valence-corrected chi connectivity index (χ4v) is 6.20. The molecule has 0 aliphatic carbocycles. The van der Waals surface area contributed by atoms with Gasteiger partial charge in [0.15, 0.2) is 0 Å². The van der Waals surface area contributed by atoms with Gasteiger partial charge in [0.05, 0.1) is 0 Å². The van der Waals surface area contributed by atoms with Crippen molar-refractivity contribution in [3.8, 4) is 11.3 Å². The Kier molecular flexibility index (Phi) is 5.50. The zero-order valence-electron chi connectivity index (χ0n) is 16.0. The number of hydrogen-bond acceptors (Lipinski definition) is 4. The van der Waals surface area contributed by atoms with Gasteiger partial charge < -0.3 is 0 Å². The third kappa shape index (κ3) is 3.39. The van der Waals surface area contributed by atoms with Gasteiger partial charge in [-0.15, -0.1) is 0 Å². The molecule has 0 radical (unpaired) electrons. The van der Waals surface area contributed by atoms with E-state index >= 15 is 0 Å². The second kappa shape index (κ2) is 8.03. The SMILES string of the molecule is CCN(CC)CCn1nc2c3c(c(NCCN)ccc31)[Se]c1ccccc1-2. The van der Waals surface area contributed by atoms with Gasteiger partial charge in [0, 0.05) is 0 Å². The molecule has 2 heterocycles. The number of hydrogen-bond donors (Lipinski definition) is 2. The van der Waals surface area contributed by atoms with Gasteiger partial charge in [0.1, 0.15) is 0 Å². The summed E-state index contributed by atoms with van der Waals surface area (Å²) in [6, 6.07) is 13.2. The Morgan fingerprint density at radius 2 is 1.96 bits per heavy atom. The van der Waals surface area contributed by atoms with E-state index in [-0.39, 0.29) is 15.0 Å². The Hall–Kier alpha value is -1.85. The molecular weight excluding hydrogens is 401 g/mol. The van der Waals surface area contributed by atoms with Crippen LogP contribution in [0.25, 0.3) is 22.2 Å². The Balaban J connectivity index is 1.82. The maximum absolute atomic E-state index is 5.72. The number of benzene rings is 2. The fraction of sp³-hybridized carbons (Fsp3) is 0.381. The van der Waals surface area contributed by atoms with Gasteiger partial charge in [-0.1, -0.05) is 0 Å². The number of likely N-dealkylation sites (N-methyl/N-ethyl adjacent to an activating group) is 1. The summed E-state index contributed by atoms with van der Waals surface area (Å²) >= 11 is 0.271. The number of anilines is 1. The monoisotopic (exact) mass is 429 g/mol. The van der Waals surface area contributed by atoms with E-state index in [4.69, 9.17) is 10.8 Å². The first kappa shape index (κ1) is 18.5. The molecule has 0 unspecified atom stereocenters. The van der Waals surface area contributed by atoms with Crippen LogP contribution >= 0.6 is 0 Å². The molecule has 142 valence electrons. The molecule has 0 fully saturated rings. The summed E-state index contributed by atoms with van der Waals surface area (Å²) in [4.78, 5) is 2.45. The molecular formula is C21H27N5Se. The zero-order chi connectivity index (χ0) is 18.8. The summed E-state index contributed by atoms with van der Waals surface area (Å²) in [7, 11) is 0. The molecule has 3 N–H and O–H groups in total. The average molecular weight is 428 g/mol. The summed E-state index contributed by atoms with van der Waals surface area (Å²) in [5.74, 6) is 0. The molecule has 2 aromatic carbocycles. The van der Waals surface area contributed by atoms with Gasteiger partial charge in [-0.3, -0.25) is 0 Å². The second-order valence-electron chi connectivity index (χ2n) is 6.75. The third-order valence-corrected chi connectivity index (χ3v) is 7.73. The van der Waals surface area contributed by atoms with Crippen molar-refractivity contribution in [2.24, 2.45) is 5.73 Å². The number of nitrogens with two attached hydrogens (primary N) is 1. The number of nitrogens with one attached hydrogen (secondary N) is 1. The van der Waals surface area contributed by atoms with Gasteiger partial charge in [-0.25, -0.2) is 0 Å². The molecule has 0 atom stereocenters. The fourth-order valence-electron chi connectivity index (χ4n) is 3.69. The van der Waals surface area contributed by atoms with E-state index in [0.29, 0.717) is 6.54 Å². The minimum absolute atomic E-state index is 0.271. The topological polar surface area (TPSA) is 59.1 Å². The summed E-state index contributed by atoms with van der Waals surface area (Å²) in [6.07, 6.45) is 0. The van der Waals surface area contributed by atoms with Crippen molar-refractivity contribution in [1.29, 1.82) is 0 Å². The zero-order valence-corrected chi connectivity index (χ0v) is 17.7. The van der Waals surface area contributed by atoms with Crippen LogP contribution in [0.3, 0.4) is 0 Å². The summed E-state index contributed by atoms with van der Waals surface area (Å²) in [5, 5.41) is 9.92. The van der Waals surface area contributed by atoms with Crippen LogP contribution in [0.15, 0.2) is 36.4 Å². The molecule has 0 saturated heterocycles. The van der Waals surface area contributed by atoms with Gasteiger partial charge in [-0.05, 0) is 0 Å². The first-order valence-electron chi connectivity index (χ1n) is 9.73. The molecule has 3 aromatic rings. The Bertz CT molecular complexity index is 945. The van der Waals surface area contributed by atoms with E-state index in [1.54, 1.807) is 0 Å². The predicted octanol–water partition coefficient (Wildman–Crippen LogP) is 1.38. The Labute approximate surface area is 167 Å². The Morgan fingerprint density at radius 3 is 2.74 bits per heavy atom. The number of fused-ring (bicyclic) bond motifs is 2. The van der Waals surface area contributed by atoms with Crippen LogP contribution in [-0.4, -0.2) is 62.4 Å². The Morgan fingerprint density at radius 1 is 1.15 bits per heavy atom. The molecule has 4 rings (SSSR count). The third-order valence-electron chi connectivity index (χ3n) is 5.21. The van der Waals surface area contributed by atoms with Crippen molar-refractivity contribution in [2.45, 2.75) is 20.4 Å². The van der Waals surface area contributed by atoms with Crippen molar-refractivity contribution >= 4 is 40.5 Å². The van der Waals surface area contributed by atoms with Crippen molar-refractivity contribution in [3.05, 3.63) is 36.4 Å². The van der Waals surface area contributed by atoms with Crippen molar-refractivity contribution in [3.63, 3.8) is 0 Å². The molecule has 0 saturated carbocycles. The van der Waals surface area contributed by atoms with E-state index in [1.165, 1.54) is 31.1 Å². The maximum atomic E-state index is 5.72. The summed E-state index contributed by atoms with van der Waals surface area (Å²) in [6.45, 7) is 9.96. The molecule has 0 spiro atoms. The van der Waals surface area contributed by atoms with Crippen LogP contribution in [0.1, 0.15) is 13.8 Å². The van der Waals surface area contributed by atoms with E-state index in [0.717, 1.165) is 38.4 Å². The average Bonchev–Trinajstić information content (AvgIpc) is 3.08. The van der Waals surface area contributed by atoms with Crippen LogP contribution in [0, 0.1) is 0 Å². The van der Waals surface area contributed by atoms with Crippen molar-refractivity contribution in [2.75, 3.05) is 38.0 Å². The second-order valence-corrected chi connectivity index (χ2v) is 8.96. The molecule has 6 heteroatoms. The van der Waals surface area contributed by atoms with Gasteiger partial charge in [-0.2, -0.15) is 0 Å². The van der Waals surface area contributed by atoms with E-state index < -0.39 is 0 Å². The quantitative estimate of drug-likeness (QED) is 0.417. The first-order valence-corrected chi connectivity index (χ1v) is 11.4. The number of rotatable bonds is 8. The van der Waals surface area contributed by atoms with Crippen LogP contribution in [0.4, 0.5) is 5.69 Å². The standard InChI is InChI=1S/C21H27N5Se/c1-3-25(4-2)13-14-26-17-10-9-16(23-12-11-22)21-19(17)20(24-26)15-7-5-6-8-18(15)27-21/h5-10,23H,3-4,11-14,22H2,1-2H3. The molecule has 27 heavy (non-hydrogen) atoms. The summed E-state index contributed by atoms with van der Waals surface area (Å²) < 4.78 is 5.03. The molecule has 5 nitrogen and oxygen atoms in total. The van der Waals surface area contributed by atoms with Crippen LogP contribution in [0.2, 0.25) is 0 Å². The molecule has 1 aromatic heterocycles. The van der Waals surface area contributed by atoms with E-state index in [1.807, 2.05) is 0 Å². The van der Waals surface area contributed by atoms with Crippen LogP contribution in [0.5, 0.6) is 0 Å². The van der Waals surface area contributed by atoms with E-state index in [2.05, 4.69) is 65.1 Å². The van der Waals surface area contributed by atoms with E-state index in [9.17, 15) is 0 Å². The number of aromatic nitrogens is 2. The van der Waals surface area contributed by atoms with Crippen LogP contribution in [-0.2, 0) is 6.54 Å². The summed E-state index contributed by atoms with van der Waals surface area (Å²) in [5.41, 5.74) is 10.6. The van der Waals surface area contributed by atoms with Gasteiger partial charge in [0.25, 0.3) is 0 Å². The predicted molar refractivity (Wildman–Crippen MR) is 116 cm³/mol. The van der Waals surface area contributed by atoms with Crippen molar-refractivity contribution < 1.29 is 0 Å². The first-order chi connectivity index (χ1) is 13.3. The molecule has 0 amide bonds. The molecule has 1 aliphatic rings. The van der Waals surface area contributed by atoms with Crippen LogP contribution < -0.4 is 20.0 Å². The van der Waals surface area contributed by atoms with Crippen molar-refractivity contribution in [1.82, 2.24) is 14.7 Å². The molecule has 0 bridgehead atoms. The number of nitrogens with zero attached hydrogens (tertiary/aromatic N) is 3. The normalized spacial score (nSPS) is 12.6.